The maximum Gasteiger partial charge on any atom is 0.234 e. The van der Waals surface area contributed by atoms with Crippen molar-refractivity contribution in [3.8, 4) is 17.4 Å². The fourth-order valence-corrected chi connectivity index (χ4v) is 3.93. The molecule has 33 heavy (non-hydrogen) atoms. The summed E-state index contributed by atoms with van der Waals surface area (Å²) in [6.07, 6.45) is 3.72. The molecule has 0 atom stereocenters. The molecule has 2 aromatic heterocycles. The van der Waals surface area contributed by atoms with E-state index in [2.05, 4.69) is 16.0 Å². The molecule has 8 nitrogen and oxygen atoms in total. The van der Waals surface area contributed by atoms with E-state index in [0.717, 1.165) is 25.0 Å². The number of nitriles is 1. The minimum Gasteiger partial charge on any atom is -0.441 e. The molecular weight excluding hydrogens is 432 g/mol. The van der Waals surface area contributed by atoms with Gasteiger partial charge >= 0.3 is 0 Å². The Morgan fingerprint density at radius 1 is 1.15 bits per heavy atom. The Morgan fingerprint density at radius 2 is 1.88 bits per heavy atom. The first-order valence-electron chi connectivity index (χ1n) is 10.9. The van der Waals surface area contributed by atoms with Crippen LogP contribution in [0.5, 0.6) is 0 Å². The lowest BCUT2D eigenvalue weighted by Gasteiger charge is -2.34. The maximum absolute atomic E-state index is 13.9. The van der Waals surface area contributed by atoms with E-state index >= 15 is 0 Å². The van der Waals surface area contributed by atoms with Crippen molar-refractivity contribution in [3.63, 3.8) is 0 Å². The smallest absolute Gasteiger partial charge is 0.234 e. The summed E-state index contributed by atoms with van der Waals surface area (Å²) in [5.41, 5.74) is 0.0235. The highest BCUT2D eigenvalue weighted by molar-refractivity contribution is 5.76. The Bertz CT molecular complexity index is 1200. The van der Waals surface area contributed by atoms with Crippen molar-refractivity contribution >= 4 is 11.8 Å². The first-order valence-corrected chi connectivity index (χ1v) is 10.9. The van der Waals surface area contributed by atoms with Gasteiger partial charge in [-0.25, -0.2) is 18.7 Å². The summed E-state index contributed by atoms with van der Waals surface area (Å²) in [4.78, 5) is 24.7. The molecule has 1 saturated heterocycles. The van der Waals surface area contributed by atoms with Crippen LogP contribution in [-0.4, -0.2) is 47.0 Å². The van der Waals surface area contributed by atoms with E-state index in [4.69, 9.17) is 8.83 Å². The molecule has 2 aliphatic rings. The van der Waals surface area contributed by atoms with Gasteiger partial charge in [0, 0.05) is 44.9 Å². The van der Waals surface area contributed by atoms with Gasteiger partial charge in [0.1, 0.15) is 17.7 Å². The minimum absolute atomic E-state index is 0.00687. The molecule has 0 unspecified atom stereocenters. The quantitative estimate of drug-likeness (QED) is 0.562. The van der Waals surface area contributed by atoms with Gasteiger partial charge in [0.2, 0.25) is 23.4 Å². The maximum atomic E-state index is 13.9. The first-order chi connectivity index (χ1) is 16.0. The van der Waals surface area contributed by atoms with Gasteiger partial charge in [-0.3, -0.25) is 4.79 Å². The average molecular weight is 453 g/mol. The zero-order valence-corrected chi connectivity index (χ0v) is 17.8. The number of oxazole rings is 2. The van der Waals surface area contributed by atoms with Crippen molar-refractivity contribution in [3.05, 3.63) is 53.5 Å². The van der Waals surface area contributed by atoms with Crippen LogP contribution in [-0.2, 0) is 11.2 Å². The third kappa shape index (κ3) is 4.31. The van der Waals surface area contributed by atoms with Crippen molar-refractivity contribution in [1.29, 1.82) is 5.26 Å². The van der Waals surface area contributed by atoms with Crippen molar-refractivity contribution in [2.24, 2.45) is 0 Å². The summed E-state index contributed by atoms with van der Waals surface area (Å²) in [7, 11) is 0. The van der Waals surface area contributed by atoms with Crippen molar-refractivity contribution in [2.45, 2.75) is 31.6 Å². The molecule has 0 bridgehead atoms. The van der Waals surface area contributed by atoms with Gasteiger partial charge in [-0.1, -0.05) is 6.07 Å². The number of amides is 1. The Labute approximate surface area is 188 Å². The van der Waals surface area contributed by atoms with E-state index < -0.39 is 11.6 Å². The second-order valence-corrected chi connectivity index (χ2v) is 8.17. The SMILES string of the molecule is N#Cc1nc(C2CC2)oc1N1CCN(C(=O)CCc2ncc(-c3c(F)cccc3F)o2)CC1. The molecular formula is C23H21F2N5O3. The number of aromatic nitrogens is 2. The van der Waals surface area contributed by atoms with E-state index in [1.54, 1.807) is 4.90 Å². The lowest BCUT2D eigenvalue weighted by atomic mass is 10.1. The molecule has 170 valence electrons. The lowest BCUT2D eigenvalue weighted by molar-refractivity contribution is -0.131. The highest BCUT2D eigenvalue weighted by Gasteiger charge is 2.32. The number of nitrogens with zero attached hydrogens (tertiary/aromatic N) is 5. The third-order valence-electron chi connectivity index (χ3n) is 5.89. The highest BCUT2D eigenvalue weighted by Crippen LogP contribution is 2.41. The van der Waals surface area contributed by atoms with Crippen molar-refractivity contribution in [1.82, 2.24) is 14.9 Å². The third-order valence-corrected chi connectivity index (χ3v) is 5.89. The van der Waals surface area contributed by atoms with Crippen LogP contribution in [0.3, 0.4) is 0 Å². The largest absolute Gasteiger partial charge is 0.441 e. The molecule has 1 saturated carbocycles. The van der Waals surface area contributed by atoms with Gasteiger partial charge < -0.3 is 18.6 Å². The van der Waals surface area contributed by atoms with Gasteiger partial charge in [-0.2, -0.15) is 5.26 Å². The number of hydrogen-bond acceptors (Lipinski definition) is 7. The monoisotopic (exact) mass is 453 g/mol. The molecule has 0 radical (unpaired) electrons. The molecule has 2 fully saturated rings. The van der Waals surface area contributed by atoms with Gasteiger partial charge in [-0.05, 0) is 25.0 Å². The summed E-state index contributed by atoms with van der Waals surface area (Å²) < 4.78 is 39.2. The fraction of sp³-hybridized carbons (Fsp3) is 0.391. The summed E-state index contributed by atoms with van der Waals surface area (Å²) in [6.45, 7) is 2.05. The van der Waals surface area contributed by atoms with E-state index in [-0.39, 0.29) is 36.0 Å². The molecule has 1 aromatic carbocycles. The number of aryl methyl sites for hydroxylation is 1. The van der Waals surface area contributed by atoms with E-state index in [1.807, 2.05) is 4.90 Å². The zero-order chi connectivity index (χ0) is 22.9. The van der Waals surface area contributed by atoms with Crippen LogP contribution in [0.1, 0.15) is 42.7 Å². The normalized spacial score (nSPS) is 16.2. The van der Waals surface area contributed by atoms with Gasteiger partial charge in [0.15, 0.2) is 11.7 Å². The number of rotatable bonds is 6. The molecule has 1 aliphatic heterocycles. The summed E-state index contributed by atoms with van der Waals surface area (Å²) in [6, 6.07) is 5.67. The zero-order valence-electron chi connectivity index (χ0n) is 17.8. The average Bonchev–Trinajstić information content (AvgIpc) is 3.41. The van der Waals surface area contributed by atoms with Gasteiger partial charge in [-0.15, -0.1) is 0 Å². The highest BCUT2D eigenvalue weighted by atomic mass is 19.1. The van der Waals surface area contributed by atoms with Crippen LogP contribution in [0, 0.1) is 23.0 Å². The minimum atomic E-state index is -0.734. The molecule has 10 heteroatoms. The molecule has 0 spiro atoms. The number of anilines is 1. The van der Waals surface area contributed by atoms with Crippen LogP contribution >= 0.6 is 0 Å². The van der Waals surface area contributed by atoms with Crippen LogP contribution < -0.4 is 4.90 Å². The number of carbonyl (C=O) groups excluding carboxylic acids is 1. The molecule has 1 amide bonds. The second kappa shape index (κ2) is 8.65. The van der Waals surface area contributed by atoms with Crippen molar-refractivity contribution < 1.29 is 22.4 Å². The summed E-state index contributed by atoms with van der Waals surface area (Å²) in [5, 5.41) is 9.37. The van der Waals surface area contributed by atoms with Crippen LogP contribution in [0.4, 0.5) is 14.7 Å². The van der Waals surface area contributed by atoms with E-state index in [1.165, 1.54) is 12.3 Å². The molecule has 3 aromatic rings. The van der Waals surface area contributed by atoms with E-state index in [9.17, 15) is 18.8 Å². The number of piperazine rings is 1. The Kier molecular flexibility index (Phi) is 5.54. The van der Waals surface area contributed by atoms with E-state index in [0.29, 0.717) is 49.6 Å². The predicted molar refractivity (Wildman–Crippen MR) is 112 cm³/mol. The lowest BCUT2D eigenvalue weighted by Crippen LogP contribution is -2.49. The Hall–Kier alpha value is -3.74. The Balaban J connectivity index is 1.16. The molecule has 1 aliphatic carbocycles. The topological polar surface area (TPSA) is 99.4 Å². The van der Waals surface area contributed by atoms with Crippen molar-refractivity contribution in [2.75, 3.05) is 31.1 Å². The molecule has 0 N–H and O–H groups in total. The van der Waals surface area contributed by atoms with Crippen LogP contribution in [0.15, 0.2) is 33.2 Å². The molecule has 5 rings (SSSR count). The van der Waals surface area contributed by atoms with Crippen LogP contribution in [0.25, 0.3) is 11.3 Å². The first kappa shape index (κ1) is 21.1. The second-order valence-electron chi connectivity index (χ2n) is 8.17. The van der Waals surface area contributed by atoms with Gasteiger partial charge in [0.05, 0.1) is 11.8 Å². The number of benzene rings is 1. The number of hydrogen-bond donors (Lipinski definition) is 0. The van der Waals surface area contributed by atoms with Crippen LogP contribution in [0.2, 0.25) is 0 Å². The standard InChI is InChI=1S/C23H21F2N5O3/c24-15-2-1-3-16(25)21(15)18-13-27-19(32-18)6-7-20(31)29-8-10-30(11-9-29)23-17(12-26)28-22(33-23)14-4-5-14/h1-3,13-14H,4-11H2. The summed E-state index contributed by atoms with van der Waals surface area (Å²) >= 11 is 0. The summed E-state index contributed by atoms with van der Waals surface area (Å²) in [5.74, 6) is 0.131. The number of halogens is 2. The Morgan fingerprint density at radius 3 is 2.55 bits per heavy atom. The molecule has 3 heterocycles. The number of carbonyl (C=O) groups is 1. The predicted octanol–water partition coefficient (Wildman–Crippen LogP) is 3.64. The fourth-order valence-electron chi connectivity index (χ4n) is 3.93. The van der Waals surface area contributed by atoms with Gasteiger partial charge in [0.25, 0.3) is 0 Å².